The number of hydrogen-bond acceptors (Lipinski definition) is 6. The molecule has 1 heterocycles. The Kier molecular flexibility index (Phi) is 4.88. The molecule has 1 N–H and O–H groups in total. The third kappa shape index (κ3) is 4.02. The summed E-state index contributed by atoms with van der Waals surface area (Å²) in [7, 11) is 1.47. The van der Waals surface area contributed by atoms with Gasteiger partial charge in [0.05, 0.1) is 17.8 Å². The van der Waals surface area contributed by atoms with Crippen molar-refractivity contribution in [2.75, 3.05) is 13.7 Å². The third-order valence-electron chi connectivity index (χ3n) is 2.34. The highest BCUT2D eigenvalue weighted by atomic mass is 79.9. The van der Waals surface area contributed by atoms with Crippen LogP contribution < -0.4 is 9.47 Å². The van der Waals surface area contributed by atoms with Crippen LogP contribution in [0.1, 0.15) is 5.56 Å². The van der Waals surface area contributed by atoms with Crippen molar-refractivity contribution in [3.8, 4) is 11.5 Å². The van der Waals surface area contributed by atoms with Crippen molar-refractivity contribution < 1.29 is 19.4 Å². The van der Waals surface area contributed by atoms with Gasteiger partial charge in [0.15, 0.2) is 18.1 Å². The second kappa shape index (κ2) is 6.84. The second-order valence-electron chi connectivity index (χ2n) is 3.80. The fourth-order valence-corrected chi connectivity index (χ4v) is 2.05. The zero-order valence-corrected chi connectivity index (χ0v) is 12.5. The molecule has 8 nitrogen and oxygen atoms in total. The molecule has 0 bridgehead atoms. The van der Waals surface area contributed by atoms with Gasteiger partial charge in [-0.3, -0.25) is 0 Å². The molecule has 0 spiro atoms. The first-order valence-corrected chi connectivity index (χ1v) is 6.50. The standard InChI is InChI=1S/C12H11BrN4O4/c1-20-10-3-8(4-16-17-6-14-15-7-17)2-9(13)12(10)21-5-11(18)19/h2-4,6-7H,5H2,1H3,(H,18,19)/b16-4-. The molecule has 9 heteroatoms. The first kappa shape index (κ1) is 15.0. The largest absolute Gasteiger partial charge is 0.493 e. The number of methoxy groups -OCH3 is 1. The summed E-state index contributed by atoms with van der Waals surface area (Å²) >= 11 is 3.32. The minimum atomic E-state index is -1.07. The highest BCUT2D eigenvalue weighted by molar-refractivity contribution is 9.10. The number of halogens is 1. The average molecular weight is 355 g/mol. The summed E-state index contributed by atoms with van der Waals surface area (Å²) in [5, 5.41) is 20.0. The molecule has 0 radical (unpaired) electrons. The minimum Gasteiger partial charge on any atom is -0.493 e. The number of carboxylic acids is 1. The Morgan fingerprint density at radius 3 is 2.81 bits per heavy atom. The molecule has 2 rings (SSSR count). The van der Waals surface area contributed by atoms with Gasteiger partial charge in [0.2, 0.25) is 0 Å². The zero-order valence-electron chi connectivity index (χ0n) is 10.9. The summed E-state index contributed by atoms with van der Waals surface area (Å²) in [6.45, 7) is -0.455. The van der Waals surface area contributed by atoms with E-state index in [0.717, 1.165) is 5.56 Å². The smallest absolute Gasteiger partial charge is 0.341 e. The molecule has 0 amide bonds. The topological polar surface area (TPSA) is 98.8 Å². The van der Waals surface area contributed by atoms with E-state index in [2.05, 4.69) is 31.2 Å². The van der Waals surface area contributed by atoms with Crippen molar-refractivity contribution in [2.45, 2.75) is 0 Å². The number of hydrogen-bond donors (Lipinski definition) is 1. The van der Waals surface area contributed by atoms with E-state index in [1.165, 1.54) is 24.4 Å². The van der Waals surface area contributed by atoms with E-state index in [9.17, 15) is 4.79 Å². The van der Waals surface area contributed by atoms with Gasteiger partial charge in [0.25, 0.3) is 0 Å². The Labute approximate surface area is 128 Å². The van der Waals surface area contributed by atoms with Crippen LogP contribution in [-0.4, -0.2) is 45.9 Å². The van der Waals surface area contributed by atoms with Crippen LogP contribution in [0.4, 0.5) is 0 Å². The van der Waals surface area contributed by atoms with Crippen LogP contribution in [0, 0.1) is 0 Å². The predicted molar refractivity (Wildman–Crippen MR) is 76.8 cm³/mol. The van der Waals surface area contributed by atoms with E-state index in [1.54, 1.807) is 18.3 Å². The second-order valence-corrected chi connectivity index (χ2v) is 4.66. The molecular weight excluding hydrogens is 344 g/mol. The molecule has 0 fully saturated rings. The van der Waals surface area contributed by atoms with Gasteiger partial charge in [0, 0.05) is 0 Å². The Bertz CT molecular complexity index is 658. The fourth-order valence-electron chi connectivity index (χ4n) is 1.48. The first-order chi connectivity index (χ1) is 10.1. The van der Waals surface area contributed by atoms with Crippen LogP contribution in [0.5, 0.6) is 11.5 Å². The van der Waals surface area contributed by atoms with Gasteiger partial charge >= 0.3 is 5.97 Å². The van der Waals surface area contributed by atoms with Gasteiger partial charge in [-0.15, -0.1) is 10.2 Å². The lowest BCUT2D eigenvalue weighted by molar-refractivity contribution is -0.139. The molecule has 110 valence electrons. The van der Waals surface area contributed by atoms with Crippen LogP contribution in [0.2, 0.25) is 0 Å². The molecule has 0 aliphatic heterocycles. The summed E-state index contributed by atoms with van der Waals surface area (Å²) in [5.74, 6) is -0.348. The van der Waals surface area contributed by atoms with Crippen LogP contribution in [0.3, 0.4) is 0 Å². The summed E-state index contributed by atoms with van der Waals surface area (Å²) < 4.78 is 12.4. The molecule has 2 aromatic rings. The highest BCUT2D eigenvalue weighted by Crippen LogP contribution is 2.36. The summed E-state index contributed by atoms with van der Waals surface area (Å²) in [6, 6.07) is 3.41. The van der Waals surface area contributed by atoms with E-state index in [-0.39, 0.29) is 0 Å². The lowest BCUT2D eigenvalue weighted by atomic mass is 10.2. The van der Waals surface area contributed by atoms with Crippen LogP contribution >= 0.6 is 15.9 Å². The van der Waals surface area contributed by atoms with Crippen molar-refractivity contribution >= 4 is 28.1 Å². The summed E-state index contributed by atoms with van der Waals surface area (Å²) in [4.78, 5) is 10.6. The van der Waals surface area contributed by atoms with Crippen molar-refractivity contribution in [1.29, 1.82) is 0 Å². The average Bonchev–Trinajstić information content (AvgIpc) is 2.96. The maximum Gasteiger partial charge on any atom is 0.341 e. The molecule has 0 unspecified atom stereocenters. The maximum atomic E-state index is 10.6. The first-order valence-electron chi connectivity index (χ1n) is 5.71. The summed E-state index contributed by atoms with van der Waals surface area (Å²) in [6.07, 6.45) is 4.48. The van der Waals surface area contributed by atoms with Gasteiger partial charge in [-0.2, -0.15) is 5.10 Å². The lowest BCUT2D eigenvalue weighted by Gasteiger charge is -2.11. The SMILES string of the molecule is COc1cc(/C=N\n2cnnc2)cc(Br)c1OCC(=O)O. The normalized spacial score (nSPS) is 10.8. The number of carboxylic acid groups (broad SMARTS) is 1. The molecule has 1 aromatic heterocycles. The molecule has 0 aliphatic rings. The van der Waals surface area contributed by atoms with Crippen LogP contribution in [0.25, 0.3) is 0 Å². The molecule has 21 heavy (non-hydrogen) atoms. The quantitative estimate of drug-likeness (QED) is 0.787. The van der Waals surface area contributed by atoms with E-state index in [4.69, 9.17) is 14.6 Å². The van der Waals surface area contributed by atoms with E-state index >= 15 is 0 Å². The van der Waals surface area contributed by atoms with Crippen molar-refractivity contribution in [3.63, 3.8) is 0 Å². The van der Waals surface area contributed by atoms with Crippen LogP contribution in [-0.2, 0) is 4.79 Å². The van der Waals surface area contributed by atoms with Crippen molar-refractivity contribution in [1.82, 2.24) is 14.9 Å². The maximum absolute atomic E-state index is 10.6. The predicted octanol–water partition coefficient (Wildman–Crippen LogP) is 1.39. The molecule has 0 saturated carbocycles. The van der Waals surface area contributed by atoms with Crippen LogP contribution in [0.15, 0.2) is 34.4 Å². The Morgan fingerprint density at radius 1 is 1.48 bits per heavy atom. The van der Waals surface area contributed by atoms with Gasteiger partial charge in [-0.25, -0.2) is 9.47 Å². The van der Waals surface area contributed by atoms with Gasteiger partial charge < -0.3 is 14.6 Å². The molecular formula is C12H11BrN4O4. The number of ether oxygens (including phenoxy) is 2. The van der Waals surface area contributed by atoms with Gasteiger partial charge in [-0.1, -0.05) is 0 Å². The lowest BCUT2D eigenvalue weighted by Crippen LogP contribution is -2.10. The fraction of sp³-hybridized carbons (Fsp3) is 0.167. The Morgan fingerprint density at radius 2 is 2.19 bits per heavy atom. The van der Waals surface area contributed by atoms with Gasteiger partial charge in [-0.05, 0) is 33.6 Å². The molecule has 0 aliphatic carbocycles. The number of aromatic nitrogens is 3. The number of rotatable bonds is 6. The van der Waals surface area contributed by atoms with E-state index in [0.29, 0.717) is 16.0 Å². The van der Waals surface area contributed by atoms with E-state index in [1.807, 2.05) is 0 Å². The zero-order chi connectivity index (χ0) is 15.2. The Balaban J connectivity index is 2.25. The molecule has 1 aromatic carbocycles. The highest BCUT2D eigenvalue weighted by Gasteiger charge is 2.12. The number of nitrogens with zero attached hydrogens (tertiary/aromatic N) is 4. The van der Waals surface area contributed by atoms with Crippen molar-refractivity contribution in [3.05, 3.63) is 34.8 Å². The number of benzene rings is 1. The van der Waals surface area contributed by atoms with E-state index < -0.39 is 12.6 Å². The van der Waals surface area contributed by atoms with Crippen molar-refractivity contribution in [2.24, 2.45) is 5.10 Å². The monoisotopic (exact) mass is 354 g/mol. The minimum absolute atomic E-state index is 0.321. The number of carbonyl (C=O) groups is 1. The number of aliphatic carboxylic acids is 1. The molecule has 0 saturated heterocycles. The third-order valence-corrected chi connectivity index (χ3v) is 2.93. The molecule has 0 atom stereocenters. The van der Waals surface area contributed by atoms with Gasteiger partial charge in [0.1, 0.15) is 12.7 Å². The summed E-state index contributed by atoms with van der Waals surface area (Å²) in [5.41, 5.74) is 0.732. The Hall–Kier alpha value is -2.42.